The van der Waals surface area contributed by atoms with Gasteiger partial charge in [0, 0.05) is 17.3 Å². The number of alkyl halides is 3. The molecule has 0 saturated carbocycles. The number of halogens is 4. The van der Waals surface area contributed by atoms with E-state index in [0.29, 0.717) is 18.0 Å². The molecule has 3 nitrogen and oxygen atoms in total. The molecular weight excluding hydrogens is 341 g/mol. The number of hydrogen-bond donors (Lipinski definition) is 2. The Kier molecular flexibility index (Phi) is 6.09. The number of rotatable bonds is 6. The second-order valence-corrected chi connectivity index (χ2v) is 5.59. The van der Waals surface area contributed by atoms with Crippen LogP contribution in [-0.4, -0.2) is 19.0 Å². The van der Waals surface area contributed by atoms with Crippen LogP contribution < -0.4 is 10.6 Å². The minimum Gasteiger partial charge on any atom is -0.376 e. The van der Waals surface area contributed by atoms with Gasteiger partial charge in [-0.05, 0) is 42.3 Å². The van der Waals surface area contributed by atoms with Crippen LogP contribution in [0.5, 0.6) is 0 Å². The van der Waals surface area contributed by atoms with Gasteiger partial charge >= 0.3 is 6.18 Å². The Morgan fingerprint density at radius 1 is 1.08 bits per heavy atom. The van der Waals surface area contributed by atoms with Crippen molar-refractivity contribution in [3.05, 3.63) is 64.7 Å². The highest BCUT2D eigenvalue weighted by Gasteiger charge is 2.30. The largest absolute Gasteiger partial charge is 0.416 e. The molecule has 0 bridgehead atoms. The Hall–Kier alpha value is -2.21. The highest BCUT2D eigenvalue weighted by Crippen LogP contribution is 2.30. The molecule has 2 rings (SSSR count). The number of amides is 1. The zero-order chi connectivity index (χ0) is 17.6. The Bertz CT molecular complexity index is 687. The second kappa shape index (κ2) is 8.06. The number of nitrogens with one attached hydrogen (secondary N) is 2. The molecule has 0 aliphatic carbocycles. The van der Waals surface area contributed by atoms with Crippen LogP contribution in [0, 0.1) is 0 Å². The smallest absolute Gasteiger partial charge is 0.376 e. The maximum absolute atomic E-state index is 12.6. The van der Waals surface area contributed by atoms with Gasteiger partial charge in [0.05, 0.1) is 12.1 Å². The predicted molar refractivity (Wildman–Crippen MR) is 88.1 cm³/mol. The summed E-state index contributed by atoms with van der Waals surface area (Å²) in [7, 11) is 0. The molecule has 2 N–H and O–H groups in total. The van der Waals surface area contributed by atoms with E-state index in [1.165, 1.54) is 12.1 Å². The van der Waals surface area contributed by atoms with E-state index in [1.807, 2.05) is 12.1 Å². The number of hydrogen-bond acceptors (Lipinski definition) is 2. The maximum Gasteiger partial charge on any atom is 0.416 e. The van der Waals surface area contributed by atoms with Gasteiger partial charge in [0.1, 0.15) is 0 Å². The van der Waals surface area contributed by atoms with Gasteiger partial charge in [-0.3, -0.25) is 4.79 Å². The summed E-state index contributed by atoms with van der Waals surface area (Å²) in [6.45, 7) is 0.340. The topological polar surface area (TPSA) is 41.1 Å². The first kappa shape index (κ1) is 18.1. The molecule has 0 radical (unpaired) electrons. The van der Waals surface area contributed by atoms with E-state index in [4.69, 9.17) is 11.6 Å². The van der Waals surface area contributed by atoms with E-state index in [9.17, 15) is 18.0 Å². The molecule has 0 saturated heterocycles. The quantitative estimate of drug-likeness (QED) is 0.817. The molecular formula is C17H16ClF3N2O. The lowest BCUT2D eigenvalue weighted by molar-refractivity contribution is -0.137. The third-order valence-electron chi connectivity index (χ3n) is 3.29. The first-order valence-electron chi connectivity index (χ1n) is 7.27. The number of benzene rings is 2. The molecule has 128 valence electrons. The Labute approximate surface area is 142 Å². The summed E-state index contributed by atoms with van der Waals surface area (Å²) in [5, 5.41) is 6.03. The zero-order valence-electron chi connectivity index (χ0n) is 12.7. The number of anilines is 1. The van der Waals surface area contributed by atoms with Gasteiger partial charge in [0.2, 0.25) is 5.91 Å². The molecule has 24 heavy (non-hydrogen) atoms. The van der Waals surface area contributed by atoms with Gasteiger partial charge in [0.15, 0.2) is 0 Å². The molecule has 0 aliphatic rings. The van der Waals surface area contributed by atoms with Crippen LogP contribution in [0.3, 0.4) is 0 Å². The predicted octanol–water partition coefficient (Wildman–Crippen LogP) is 4.13. The van der Waals surface area contributed by atoms with Gasteiger partial charge in [-0.1, -0.05) is 29.8 Å². The minimum atomic E-state index is -4.40. The van der Waals surface area contributed by atoms with Crippen LogP contribution in [0.25, 0.3) is 0 Å². The molecule has 0 spiro atoms. The summed E-state index contributed by atoms with van der Waals surface area (Å²) in [6, 6.07) is 12.0. The number of carbonyl (C=O) groups is 1. The minimum absolute atomic E-state index is 0.0953. The van der Waals surface area contributed by atoms with E-state index < -0.39 is 11.7 Å². The fourth-order valence-electron chi connectivity index (χ4n) is 2.05. The zero-order valence-corrected chi connectivity index (χ0v) is 13.4. The van der Waals surface area contributed by atoms with E-state index in [-0.39, 0.29) is 18.1 Å². The third-order valence-corrected chi connectivity index (χ3v) is 3.54. The van der Waals surface area contributed by atoms with Crippen molar-refractivity contribution >= 4 is 23.2 Å². The summed E-state index contributed by atoms with van der Waals surface area (Å²) < 4.78 is 37.8. The normalized spacial score (nSPS) is 11.2. The molecule has 2 aromatic rings. The van der Waals surface area contributed by atoms with Crippen molar-refractivity contribution in [2.45, 2.75) is 12.6 Å². The Morgan fingerprint density at radius 3 is 2.46 bits per heavy atom. The fraction of sp³-hybridized carbons (Fsp3) is 0.235. The molecule has 0 fully saturated rings. The van der Waals surface area contributed by atoms with Crippen molar-refractivity contribution in [2.75, 3.05) is 18.4 Å². The maximum atomic E-state index is 12.6. The molecule has 2 aromatic carbocycles. The van der Waals surface area contributed by atoms with E-state index in [2.05, 4.69) is 10.6 Å². The lowest BCUT2D eigenvalue weighted by Crippen LogP contribution is -2.31. The van der Waals surface area contributed by atoms with Crippen molar-refractivity contribution in [1.82, 2.24) is 5.32 Å². The first-order chi connectivity index (χ1) is 11.3. The standard InChI is InChI=1S/C17H16ClF3N2O/c18-14-6-4-12(5-7-14)8-9-22-16(24)11-23-15-3-1-2-13(10-15)17(19,20)21/h1-7,10,23H,8-9,11H2,(H,22,24). The van der Waals surface area contributed by atoms with Crippen LogP contribution in [0.15, 0.2) is 48.5 Å². The molecule has 7 heteroatoms. The second-order valence-electron chi connectivity index (χ2n) is 5.16. The average molecular weight is 357 g/mol. The molecule has 0 aliphatic heterocycles. The van der Waals surface area contributed by atoms with Gasteiger partial charge in [-0.2, -0.15) is 13.2 Å². The lowest BCUT2D eigenvalue weighted by Gasteiger charge is -2.11. The van der Waals surface area contributed by atoms with E-state index in [1.54, 1.807) is 12.1 Å². The summed E-state index contributed by atoms with van der Waals surface area (Å²) in [6.07, 6.45) is -3.76. The molecule has 0 atom stereocenters. The van der Waals surface area contributed by atoms with Gasteiger partial charge in [0.25, 0.3) is 0 Å². The summed E-state index contributed by atoms with van der Waals surface area (Å²) in [5.74, 6) is -0.290. The summed E-state index contributed by atoms with van der Waals surface area (Å²) >= 11 is 5.79. The van der Waals surface area contributed by atoms with Crippen molar-refractivity contribution in [3.8, 4) is 0 Å². The van der Waals surface area contributed by atoms with Crippen LogP contribution >= 0.6 is 11.6 Å². The molecule has 0 heterocycles. The molecule has 1 amide bonds. The lowest BCUT2D eigenvalue weighted by atomic mass is 10.1. The Balaban J connectivity index is 1.76. The summed E-state index contributed by atoms with van der Waals surface area (Å²) in [5.41, 5.74) is 0.527. The van der Waals surface area contributed by atoms with Crippen molar-refractivity contribution < 1.29 is 18.0 Å². The highest BCUT2D eigenvalue weighted by atomic mass is 35.5. The monoisotopic (exact) mass is 356 g/mol. The van der Waals surface area contributed by atoms with Gasteiger partial charge in [-0.25, -0.2) is 0 Å². The van der Waals surface area contributed by atoms with Crippen molar-refractivity contribution in [1.29, 1.82) is 0 Å². The van der Waals surface area contributed by atoms with Gasteiger partial charge in [-0.15, -0.1) is 0 Å². The highest BCUT2D eigenvalue weighted by molar-refractivity contribution is 6.30. The average Bonchev–Trinajstić information content (AvgIpc) is 2.54. The van der Waals surface area contributed by atoms with Crippen molar-refractivity contribution in [3.63, 3.8) is 0 Å². The van der Waals surface area contributed by atoms with E-state index in [0.717, 1.165) is 17.7 Å². The number of carbonyl (C=O) groups excluding carboxylic acids is 1. The van der Waals surface area contributed by atoms with Crippen LogP contribution in [0.2, 0.25) is 5.02 Å². The van der Waals surface area contributed by atoms with Crippen LogP contribution in [0.4, 0.5) is 18.9 Å². The van der Waals surface area contributed by atoms with Crippen LogP contribution in [-0.2, 0) is 17.4 Å². The molecule has 0 unspecified atom stereocenters. The summed E-state index contributed by atoms with van der Waals surface area (Å²) in [4.78, 5) is 11.7. The third kappa shape index (κ3) is 5.77. The molecule has 0 aromatic heterocycles. The van der Waals surface area contributed by atoms with Gasteiger partial charge < -0.3 is 10.6 Å². The van der Waals surface area contributed by atoms with Crippen LogP contribution in [0.1, 0.15) is 11.1 Å². The SMILES string of the molecule is O=C(CNc1cccc(C(F)(F)F)c1)NCCc1ccc(Cl)cc1. The Morgan fingerprint density at radius 2 is 1.79 bits per heavy atom. The first-order valence-corrected chi connectivity index (χ1v) is 7.64. The van der Waals surface area contributed by atoms with E-state index >= 15 is 0 Å². The van der Waals surface area contributed by atoms with Crippen molar-refractivity contribution in [2.24, 2.45) is 0 Å². The fourth-order valence-corrected chi connectivity index (χ4v) is 2.17.